The Hall–Kier alpha value is -2.14. The van der Waals surface area contributed by atoms with Gasteiger partial charge in [0.2, 0.25) is 0 Å². The van der Waals surface area contributed by atoms with E-state index in [4.69, 9.17) is 22.4 Å². The van der Waals surface area contributed by atoms with Crippen LogP contribution in [0, 0.1) is 6.92 Å². The maximum absolute atomic E-state index is 11.9. The minimum absolute atomic E-state index is 0.258. The van der Waals surface area contributed by atoms with Crippen molar-refractivity contribution in [2.75, 3.05) is 5.32 Å². The zero-order valence-electron chi connectivity index (χ0n) is 9.77. The van der Waals surface area contributed by atoms with E-state index in [1.165, 1.54) is 12.5 Å². The predicted octanol–water partition coefficient (Wildman–Crippen LogP) is 2.47. The molecular formula is C13H12N2O2S. The van der Waals surface area contributed by atoms with Crippen molar-refractivity contribution in [1.82, 2.24) is 0 Å². The molecule has 5 heteroatoms. The van der Waals surface area contributed by atoms with Gasteiger partial charge in [0.15, 0.2) is 0 Å². The summed E-state index contributed by atoms with van der Waals surface area (Å²) in [7, 11) is 0. The minimum Gasteiger partial charge on any atom is -0.472 e. The molecule has 0 saturated carbocycles. The van der Waals surface area contributed by atoms with Gasteiger partial charge in [-0.25, -0.2) is 0 Å². The molecule has 2 rings (SSSR count). The van der Waals surface area contributed by atoms with Crippen molar-refractivity contribution in [3.8, 4) is 0 Å². The van der Waals surface area contributed by atoms with Crippen LogP contribution in [0.15, 0.2) is 41.2 Å². The van der Waals surface area contributed by atoms with Crippen molar-refractivity contribution in [3.63, 3.8) is 0 Å². The van der Waals surface area contributed by atoms with Gasteiger partial charge in [-0.3, -0.25) is 4.79 Å². The summed E-state index contributed by atoms with van der Waals surface area (Å²) >= 11 is 5.00. The summed E-state index contributed by atoms with van der Waals surface area (Å²) < 4.78 is 4.86. The Morgan fingerprint density at radius 3 is 2.78 bits per heavy atom. The first kappa shape index (κ1) is 12.3. The van der Waals surface area contributed by atoms with Crippen molar-refractivity contribution in [3.05, 3.63) is 53.5 Å². The van der Waals surface area contributed by atoms with Crippen LogP contribution in [0.2, 0.25) is 0 Å². The molecule has 1 amide bonds. The van der Waals surface area contributed by atoms with E-state index in [0.29, 0.717) is 16.8 Å². The SMILES string of the molecule is Cc1cccc(NC(=O)c2ccoc2)c1C(N)=S. The fourth-order valence-electron chi connectivity index (χ4n) is 1.69. The summed E-state index contributed by atoms with van der Waals surface area (Å²) in [6, 6.07) is 7.08. The molecule has 0 saturated heterocycles. The van der Waals surface area contributed by atoms with E-state index < -0.39 is 0 Å². The van der Waals surface area contributed by atoms with Gasteiger partial charge >= 0.3 is 0 Å². The van der Waals surface area contributed by atoms with Crippen LogP contribution >= 0.6 is 12.2 Å². The van der Waals surface area contributed by atoms with Gasteiger partial charge in [-0.1, -0.05) is 24.4 Å². The van der Waals surface area contributed by atoms with Gasteiger partial charge in [0.1, 0.15) is 11.3 Å². The molecule has 4 nitrogen and oxygen atoms in total. The van der Waals surface area contributed by atoms with Gasteiger partial charge < -0.3 is 15.5 Å². The Morgan fingerprint density at radius 2 is 2.17 bits per heavy atom. The van der Waals surface area contributed by atoms with E-state index in [-0.39, 0.29) is 10.9 Å². The second kappa shape index (κ2) is 5.01. The van der Waals surface area contributed by atoms with Crippen molar-refractivity contribution >= 4 is 28.8 Å². The molecule has 0 fully saturated rings. The monoisotopic (exact) mass is 260 g/mol. The second-order valence-corrected chi connectivity index (χ2v) is 4.27. The summed E-state index contributed by atoms with van der Waals surface area (Å²) in [5.74, 6) is -0.258. The first-order chi connectivity index (χ1) is 8.59. The molecule has 2 aromatic rings. The van der Waals surface area contributed by atoms with Gasteiger partial charge in [-0.15, -0.1) is 0 Å². The zero-order valence-corrected chi connectivity index (χ0v) is 10.6. The Morgan fingerprint density at radius 1 is 1.39 bits per heavy atom. The number of hydrogen-bond acceptors (Lipinski definition) is 3. The number of nitrogens with two attached hydrogens (primary N) is 1. The summed E-state index contributed by atoms with van der Waals surface area (Å²) in [6.45, 7) is 1.89. The van der Waals surface area contributed by atoms with Gasteiger partial charge in [0.25, 0.3) is 5.91 Å². The summed E-state index contributed by atoms with van der Waals surface area (Å²) in [5, 5.41) is 2.77. The van der Waals surface area contributed by atoms with Crippen LogP contribution in [0.5, 0.6) is 0 Å². The highest BCUT2D eigenvalue weighted by molar-refractivity contribution is 7.80. The standard InChI is InChI=1S/C13H12N2O2S/c1-8-3-2-4-10(11(8)12(14)18)15-13(16)9-5-6-17-7-9/h2-7H,1H3,(H2,14,18)(H,15,16). The third kappa shape index (κ3) is 2.41. The predicted molar refractivity (Wildman–Crippen MR) is 73.7 cm³/mol. The fraction of sp³-hybridized carbons (Fsp3) is 0.0769. The van der Waals surface area contributed by atoms with E-state index in [1.807, 2.05) is 19.1 Å². The van der Waals surface area contributed by atoms with Crippen molar-refractivity contribution in [1.29, 1.82) is 0 Å². The van der Waals surface area contributed by atoms with Crippen LogP contribution < -0.4 is 11.1 Å². The minimum atomic E-state index is -0.258. The molecule has 0 bridgehead atoms. The number of nitrogens with one attached hydrogen (secondary N) is 1. The molecule has 0 aliphatic rings. The van der Waals surface area contributed by atoms with Crippen LogP contribution in [-0.4, -0.2) is 10.9 Å². The van der Waals surface area contributed by atoms with E-state index in [0.717, 1.165) is 5.56 Å². The lowest BCUT2D eigenvalue weighted by atomic mass is 10.1. The average molecular weight is 260 g/mol. The van der Waals surface area contributed by atoms with Crippen LogP contribution in [0.25, 0.3) is 0 Å². The number of hydrogen-bond donors (Lipinski definition) is 2. The van der Waals surface area contributed by atoms with Crippen molar-refractivity contribution in [2.24, 2.45) is 5.73 Å². The van der Waals surface area contributed by atoms with Crippen LogP contribution in [0.4, 0.5) is 5.69 Å². The third-order valence-electron chi connectivity index (χ3n) is 2.55. The smallest absolute Gasteiger partial charge is 0.258 e. The number of amides is 1. The lowest BCUT2D eigenvalue weighted by molar-refractivity contribution is 0.102. The molecule has 0 atom stereocenters. The highest BCUT2D eigenvalue weighted by atomic mass is 32.1. The van der Waals surface area contributed by atoms with E-state index in [2.05, 4.69) is 5.32 Å². The highest BCUT2D eigenvalue weighted by Gasteiger charge is 2.12. The maximum atomic E-state index is 11.9. The normalized spacial score (nSPS) is 10.1. The van der Waals surface area contributed by atoms with E-state index >= 15 is 0 Å². The zero-order chi connectivity index (χ0) is 13.1. The fourth-order valence-corrected chi connectivity index (χ4v) is 1.96. The van der Waals surface area contributed by atoms with Crippen molar-refractivity contribution < 1.29 is 9.21 Å². The molecule has 1 heterocycles. The maximum Gasteiger partial charge on any atom is 0.258 e. The topological polar surface area (TPSA) is 68.3 Å². The summed E-state index contributed by atoms with van der Waals surface area (Å²) in [6.07, 6.45) is 2.82. The van der Waals surface area contributed by atoms with E-state index in [1.54, 1.807) is 12.1 Å². The molecule has 0 spiro atoms. The number of aryl methyl sites for hydroxylation is 1. The number of benzene rings is 1. The van der Waals surface area contributed by atoms with Gasteiger partial charge in [0, 0.05) is 5.56 Å². The molecule has 0 unspecified atom stereocenters. The van der Waals surface area contributed by atoms with Crippen LogP contribution in [-0.2, 0) is 0 Å². The molecule has 0 aliphatic heterocycles. The van der Waals surface area contributed by atoms with Crippen LogP contribution in [0.1, 0.15) is 21.5 Å². The van der Waals surface area contributed by atoms with Gasteiger partial charge in [0.05, 0.1) is 17.5 Å². The highest BCUT2D eigenvalue weighted by Crippen LogP contribution is 2.20. The lowest BCUT2D eigenvalue weighted by Gasteiger charge is -2.11. The Kier molecular flexibility index (Phi) is 3.43. The molecular weight excluding hydrogens is 248 g/mol. The molecule has 1 aromatic heterocycles. The second-order valence-electron chi connectivity index (χ2n) is 3.83. The molecule has 0 radical (unpaired) electrons. The number of thiocarbonyl (C=S) groups is 1. The van der Waals surface area contributed by atoms with Crippen LogP contribution in [0.3, 0.4) is 0 Å². The first-order valence-corrected chi connectivity index (χ1v) is 5.73. The number of furan rings is 1. The largest absolute Gasteiger partial charge is 0.472 e. The Bertz CT molecular complexity index is 591. The number of anilines is 1. The first-order valence-electron chi connectivity index (χ1n) is 5.32. The molecule has 92 valence electrons. The summed E-state index contributed by atoms with van der Waals surface area (Å²) in [4.78, 5) is 12.2. The summed E-state index contributed by atoms with van der Waals surface area (Å²) in [5.41, 5.74) is 8.33. The third-order valence-corrected chi connectivity index (χ3v) is 2.75. The molecule has 1 aromatic carbocycles. The van der Waals surface area contributed by atoms with Gasteiger partial charge in [-0.2, -0.15) is 0 Å². The molecule has 3 N–H and O–H groups in total. The number of carbonyl (C=O) groups is 1. The van der Waals surface area contributed by atoms with Crippen molar-refractivity contribution in [2.45, 2.75) is 6.92 Å². The quantitative estimate of drug-likeness (QED) is 0.832. The van der Waals surface area contributed by atoms with E-state index in [9.17, 15) is 4.79 Å². The molecule has 18 heavy (non-hydrogen) atoms. The number of rotatable bonds is 3. The Labute approximate surface area is 110 Å². The average Bonchev–Trinajstić information content (AvgIpc) is 2.81. The number of carbonyl (C=O) groups excluding carboxylic acids is 1. The lowest BCUT2D eigenvalue weighted by Crippen LogP contribution is -2.18. The molecule has 0 aliphatic carbocycles. The Balaban J connectivity index is 2.32. The van der Waals surface area contributed by atoms with Gasteiger partial charge in [-0.05, 0) is 24.6 Å².